The van der Waals surface area contributed by atoms with E-state index in [1.54, 1.807) is 12.3 Å². The second-order valence-electron chi connectivity index (χ2n) is 8.34. The maximum absolute atomic E-state index is 14.5. The van der Waals surface area contributed by atoms with Gasteiger partial charge in [0.25, 0.3) is 0 Å². The number of halogens is 2. The van der Waals surface area contributed by atoms with Gasteiger partial charge >= 0.3 is 6.03 Å². The monoisotopic (exact) mass is 465 g/mol. The van der Waals surface area contributed by atoms with Crippen LogP contribution in [-0.4, -0.2) is 27.8 Å². The van der Waals surface area contributed by atoms with Crippen LogP contribution in [0.3, 0.4) is 0 Å². The van der Waals surface area contributed by atoms with Gasteiger partial charge < -0.3 is 22.1 Å². The molecule has 0 aliphatic heterocycles. The topological polar surface area (TPSA) is 131 Å². The van der Waals surface area contributed by atoms with Crippen LogP contribution in [0, 0.1) is 11.6 Å². The van der Waals surface area contributed by atoms with Crippen molar-refractivity contribution in [1.82, 2.24) is 9.97 Å². The fourth-order valence-corrected chi connectivity index (χ4v) is 2.83. The van der Waals surface area contributed by atoms with Crippen LogP contribution in [-0.2, 0) is 0 Å². The van der Waals surface area contributed by atoms with E-state index in [4.69, 9.17) is 11.5 Å². The summed E-state index contributed by atoms with van der Waals surface area (Å²) in [5.41, 5.74) is 13.5. The molecule has 0 saturated carbocycles. The lowest BCUT2D eigenvalue weighted by Gasteiger charge is -2.15. The van der Waals surface area contributed by atoms with Gasteiger partial charge in [-0.1, -0.05) is 6.07 Å². The number of anilines is 3. The molecule has 0 saturated heterocycles. The smallest absolute Gasteiger partial charge is 0.323 e. The standard InChI is InChI=1S/C24H25F2N7O/c1-24(2,3)30-13-17(21(27)19-10-11-29-22(28)32-19)14-4-9-18(26)20(12-14)33-23(34)31-16-7-5-15(25)6-8-16/h4-13H,27H2,1-3H3,(H2,28,29,32)(H2,31,33,34). The van der Waals surface area contributed by atoms with Crippen molar-refractivity contribution < 1.29 is 13.6 Å². The number of amides is 2. The van der Waals surface area contributed by atoms with Crippen LogP contribution in [0.4, 0.5) is 30.9 Å². The minimum atomic E-state index is -0.701. The number of aliphatic imine (C=N–C) groups is 1. The first-order chi connectivity index (χ1) is 16.0. The summed E-state index contributed by atoms with van der Waals surface area (Å²) in [6, 6.07) is 10.2. The summed E-state index contributed by atoms with van der Waals surface area (Å²) in [6.45, 7) is 5.74. The average Bonchev–Trinajstić information content (AvgIpc) is 2.76. The van der Waals surface area contributed by atoms with Gasteiger partial charge in [0.05, 0.1) is 22.6 Å². The number of carbonyl (C=O) groups excluding carboxylic acids is 1. The second kappa shape index (κ2) is 10.1. The summed E-state index contributed by atoms with van der Waals surface area (Å²) in [5, 5.41) is 4.97. The SMILES string of the molecule is CC(C)(C)N=CC(=C(N)c1ccnc(N)n1)c1ccc(F)c(NC(=O)Nc2ccc(F)cc2)c1. The number of aromatic nitrogens is 2. The van der Waals surface area contributed by atoms with Crippen molar-refractivity contribution in [3.05, 3.63) is 77.6 Å². The third kappa shape index (κ3) is 6.58. The molecule has 2 amide bonds. The Morgan fingerprint density at radius 2 is 1.76 bits per heavy atom. The van der Waals surface area contributed by atoms with Crippen molar-refractivity contribution >= 4 is 40.8 Å². The van der Waals surface area contributed by atoms with Crippen LogP contribution >= 0.6 is 0 Å². The van der Waals surface area contributed by atoms with E-state index >= 15 is 0 Å². The van der Waals surface area contributed by atoms with Crippen molar-refractivity contribution in [3.63, 3.8) is 0 Å². The zero-order chi connectivity index (χ0) is 24.9. The fourth-order valence-electron chi connectivity index (χ4n) is 2.83. The Kier molecular flexibility index (Phi) is 7.20. The number of hydrogen-bond donors (Lipinski definition) is 4. The highest BCUT2D eigenvalue weighted by Crippen LogP contribution is 2.26. The Morgan fingerprint density at radius 1 is 1.06 bits per heavy atom. The molecule has 2 aromatic carbocycles. The number of carbonyl (C=O) groups is 1. The first kappa shape index (κ1) is 24.3. The zero-order valence-electron chi connectivity index (χ0n) is 18.9. The number of nitrogens with two attached hydrogens (primary N) is 2. The first-order valence-electron chi connectivity index (χ1n) is 10.3. The van der Waals surface area contributed by atoms with Gasteiger partial charge in [0.1, 0.15) is 11.6 Å². The third-order valence-electron chi connectivity index (χ3n) is 4.45. The molecule has 1 heterocycles. The fraction of sp³-hybridized carbons (Fsp3) is 0.167. The molecule has 1 aromatic heterocycles. The van der Waals surface area contributed by atoms with Crippen LogP contribution in [0.15, 0.2) is 59.7 Å². The minimum absolute atomic E-state index is 0.0477. The van der Waals surface area contributed by atoms with Crippen molar-refractivity contribution in [3.8, 4) is 0 Å². The van der Waals surface area contributed by atoms with Gasteiger partial charge in [0.15, 0.2) is 0 Å². The number of benzene rings is 2. The quantitative estimate of drug-likeness (QED) is 0.407. The zero-order valence-corrected chi connectivity index (χ0v) is 18.9. The molecule has 0 spiro atoms. The highest BCUT2D eigenvalue weighted by Gasteiger charge is 2.15. The predicted octanol–water partition coefficient (Wildman–Crippen LogP) is 4.68. The number of rotatable bonds is 5. The molecule has 3 rings (SSSR count). The number of hydrogen-bond acceptors (Lipinski definition) is 6. The molecule has 0 fully saturated rings. The molecule has 6 N–H and O–H groups in total. The van der Waals surface area contributed by atoms with Crippen molar-refractivity contribution in [2.24, 2.45) is 10.7 Å². The average molecular weight is 466 g/mol. The van der Waals surface area contributed by atoms with E-state index in [9.17, 15) is 13.6 Å². The first-order valence-corrected chi connectivity index (χ1v) is 10.3. The van der Waals surface area contributed by atoms with Gasteiger partial charge in [-0.15, -0.1) is 0 Å². The highest BCUT2D eigenvalue weighted by atomic mass is 19.1. The Balaban J connectivity index is 1.98. The van der Waals surface area contributed by atoms with Crippen molar-refractivity contribution in [1.29, 1.82) is 0 Å². The predicted molar refractivity (Wildman–Crippen MR) is 131 cm³/mol. The molecular weight excluding hydrogens is 440 g/mol. The molecule has 0 radical (unpaired) electrons. The molecule has 3 aromatic rings. The van der Waals surface area contributed by atoms with Crippen LogP contribution in [0.2, 0.25) is 0 Å². The van der Waals surface area contributed by atoms with Gasteiger partial charge in [0, 0.05) is 23.7 Å². The van der Waals surface area contributed by atoms with Gasteiger partial charge in [-0.3, -0.25) is 4.99 Å². The van der Waals surface area contributed by atoms with E-state index in [-0.39, 0.29) is 17.3 Å². The summed E-state index contributed by atoms with van der Waals surface area (Å²) < 4.78 is 27.6. The summed E-state index contributed by atoms with van der Waals surface area (Å²) in [4.78, 5) is 24.9. The maximum Gasteiger partial charge on any atom is 0.323 e. The van der Waals surface area contributed by atoms with Crippen LogP contribution < -0.4 is 22.1 Å². The largest absolute Gasteiger partial charge is 0.396 e. The summed E-state index contributed by atoms with van der Waals surface area (Å²) in [6.07, 6.45) is 3.05. The molecular formula is C24H25F2N7O. The van der Waals surface area contributed by atoms with E-state index in [0.717, 1.165) is 0 Å². The van der Waals surface area contributed by atoms with E-state index in [0.29, 0.717) is 22.5 Å². The second-order valence-corrected chi connectivity index (χ2v) is 8.34. The number of nitrogens with one attached hydrogen (secondary N) is 2. The van der Waals surface area contributed by atoms with Gasteiger partial charge in [-0.25, -0.2) is 23.5 Å². The van der Waals surface area contributed by atoms with Gasteiger partial charge in [-0.05, 0) is 68.8 Å². The number of urea groups is 1. The molecule has 0 aliphatic rings. The normalized spacial score (nSPS) is 12.4. The molecule has 8 nitrogen and oxygen atoms in total. The Labute approximate surface area is 195 Å². The Morgan fingerprint density at radius 3 is 2.41 bits per heavy atom. The highest BCUT2D eigenvalue weighted by molar-refractivity contribution is 6.19. The number of nitrogen functional groups attached to an aromatic ring is 1. The Bertz CT molecular complexity index is 1250. The summed E-state index contributed by atoms with van der Waals surface area (Å²) in [7, 11) is 0. The number of allylic oxidation sites excluding steroid dienone is 1. The van der Waals surface area contributed by atoms with E-state index in [2.05, 4.69) is 25.6 Å². The summed E-state index contributed by atoms with van der Waals surface area (Å²) in [5.74, 6) is -1.05. The minimum Gasteiger partial charge on any atom is -0.396 e. The number of nitrogens with zero attached hydrogens (tertiary/aromatic N) is 3. The van der Waals surface area contributed by atoms with E-state index in [1.165, 1.54) is 48.7 Å². The lowest BCUT2D eigenvalue weighted by molar-refractivity contribution is 0.262. The lowest BCUT2D eigenvalue weighted by atomic mass is 10.0. The van der Waals surface area contributed by atoms with E-state index < -0.39 is 23.2 Å². The molecule has 34 heavy (non-hydrogen) atoms. The Hall–Kier alpha value is -4.34. The van der Waals surface area contributed by atoms with Gasteiger partial charge in [-0.2, -0.15) is 0 Å². The van der Waals surface area contributed by atoms with Gasteiger partial charge in [0.2, 0.25) is 5.95 Å². The van der Waals surface area contributed by atoms with Crippen LogP contribution in [0.25, 0.3) is 11.3 Å². The molecule has 0 bridgehead atoms. The molecule has 0 atom stereocenters. The lowest BCUT2D eigenvalue weighted by Crippen LogP contribution is -2.20. The molecule has 0 aliphatic carbocycles. The van der Waals surface area contributed by atoms with Crippen LogP contribution in [0.5, 0.6) is 0 Å². The molecule has 0 unspecified atom stereocenters. The third-order valence-corrected chi connectivity index (χ3v) is 4.45. The molecule has 10 heteroatoms. The van der Waals surface area contributed by atoms with Crippen LogP contribution in [0.1, 0.15) is 32.0 Å². The van der Waals surface area contributed by atoms with Crippen molar-refractivity contribution in [2.45, 2.75) is 26.3 Å². The van der Waals surface area contributed by atoms with Crippen molar-refractivity contribution in [2.75, 3.05) is 16.4 Å². The van der Waals surface area contributed by atoms with E-state index in [1.807, 2.05) is 20.8 Å². The summed E-state index contributed by atoms with van der Waals surface area (Å²) >= 11 is 0. The molecule has 176 valence electrons. The maximum atomic E-state index is 14.5.